The Kier molecular flexibility index (Phi) is 4.66. The van der Waals surface area contributed by atoms with E-state index in [1.807, 2.05) is 35.0 Å². The molecule has 3 nitrogen and oxygen atoms in total. The molecule has 2 heterocycles. The molecule has 0 saturated heterocycles. The van der Waals surface area contributed by atoms with Gasteiger partial charge < -0.3 is 4.74 Å². The molecule has 0 aliphatic heterocycles. The molecule has 3 aromatic carbocycles. The molecule has 1 atom stereocenters. The number of hydrogen-bond donors (Lipinski definition) is 0. The van der Waals surface area contributed by atoms with Gasteiger partial charge in [-0.2, -0.15) is 5.10 Å². The Morgan fingerprint density at radius 1 is 0.828 bits per heavy atom. The number of halogens is 1. The average Bonchev–Trinajstić information content (AvgIpc) is 3.21. The third-order valence-corrected chi connectivity index (χ3v) is 6.11. The normalized spacial score (nSPS) is 12.5. The molecule has 5 aromatic rings. The topological polar surface area (TPSA) is 26.5 Å². The van der Waals surface area contributed by atoms with Gasteiger partial charge in [-0.05, 0) is 21.5 Å². The van der Waals surface area contributed by atoms with Crippen LogP contribution in [0.5, 0.6) is 0 Å². The molecule has 0 aliphatic carbocycles. The smallest absolute Gasteiger partial charge is 0.111 e. The molecule has 0 aliphatic rings. The molecule has 1 unspecified atom stereocenters. The number of nitrogens with zero attached hydrogens (tertiary/aromatic N) is 2. The summed E-state index contributed by atoms with van der Waals surface area (Å²) >= 11 is 3.86. The van der Waals surface area contributed by atoms with E-state index in [9.17, 15) is 0 Å². The van der Waals surface area contributed by atoms with Crippen molar-refractivity contribution in [3.8, 4) is 11.3 Å². The lowest BCUT2D eigenvalue weighted by atomic mass is 9.99. The summed E-state index contributed by atoms with van der Waals surface area (Å²) < 4.78 is 9.02. The van der Waals surface area contributed by atoms with E-state index in [2.05, 4.69) is 76.6 Å². The Bertz CT molecular complexity index is 1300. The van der Waals surface area contributed by atoms with Gasteiger partial charge in [-0.1, -0.05) is 84.9 Å². The summed E-state index contributed by atoms with van der Waals surface area (Å²) in [5, 5.41) is 7.11. The van der Waals surface area contributed by atoms with Crippen molar-refractivity contribution in [1.82, 2.24) is 9.61 Å². The van der Waals surface area contributed by atoms with E-state index in [-0.39, 0.29) is 6.10 Å². The SMILES string of the molecule is COC(c1ccccc1)c1cnn2c(-c3ccccc3)c(Br)c3ccccc3c12. The molecular weight excluding hydrogens is 424 g/mol. The highest BCUT2D eigenvalue weighted by molar-refractivity contribution is 9.10. The van der Waals surface area contributed by atoms with Crippen molar-refractivity contribution in [3.63, 3.8) is 0 Å². The molecule has 0 N–H and O–H groups in total. The summed E-state index contributed by atoms with van der Waals surface area (Å²) in [4.78, 5) is 0. The lowest BCUT2D eigenvalue weighted by molar-refractivity contribution is 0.137. The van der Waals surface area contributed by atoms with Crippen molar-refractivity contribution >= 4 is 32.2 Å². The fourth-order valence-electron chi connectivity index (χ4n) is 4.01. The molecule has 29 heavy (non-hydrogen) atoms. The van der Waals surface area contributed by atoms with E-state index >= 15 is 0 Å². The number of methoxy groups -OCH3 is 1. The van der Waals surface area contributed by atoms with Crippen LogP contribution in [0.15, 0.2) is 95.6 Å². The molecule has 2 aromatic heterocycles. The number of benzene rings is 3. The second kappa shape index (κ2) is 7.47. The minimum atomic E-state index is -0.193. The summed E-state index contributed by atoms with van der Waals surface area (Å²) in [6.07, 6.45) is 1.74. The first-order valence-electron chi connectivity index (χ1n) is 9.50. The maximum Gasteiger partial charge on any atom is 0.111 e. The molecule has 4 heteroatoms. The molecule has 0 saturated carbocycles. The van der Waals surface area contributed by atoms with E-state index in [4.69, 9.17) is 9.84 Å². The van der Waals surface area contributed by atoms with Gasteiger partial charge in [-0.3, -0.25) is 0 Å². The van der Waals surface area contributed by atoms with Gasteiger partial charge in [-0.15, -0.1) is 0 Å². The largest absolute Gasteiger partial charge is 0.372 e. The fraction of sp³-hybridized carbons (Fsp3) is 0.0800. The van der Waals surface area contributed by atoms with Gasteiger partial charge in [-0.25, -0.2) is 4.52 Å². The van der Waals surface area contributed by atoms with Crippen LogP contribution in [0, 0.1) is 0 Å². The van der Waals surface area contributed by atoms with Crippen molar-refractivity contribution < 1.29 is 4.74 Å². The van der Waals surface area contributed by atoms with Crippen molar-refractivity contribution in [2.45, 2.75) is 6.10 Å². The predicted octanol–water partition coefficient (Wildman–Crippen LogP) is 6.65. The van der Waals surface area contributed by atoms with Crippen LogP contribution in [0.3, 0.4) is 0 Å². The van der Waals surface area contributed by atoms with Gasteiger partial charge in [0, 0.05) is 29.0 Å². The lowest BCUT2D eigenvalue weighted by Gasteiger charge is -2.17. The quantitative estimate of drug-likeness (QED) is 0.311. The second-order valence-electron chi connectivity index (χ2n) is 6.96. The molecule has 0 radical (unpaired) electrons. The van der Waals surface area contributed by atoms with E-state index < -0.39 is 0 Å². The lowest BCUT2D eigenvalue weighted by Crippen LogP contribution is -2.04. The summed E-state index contributed by atoms with van der Waals surface area (Å²) in [6.45, 7) is 0. The standard InChI is InChI=1S/C25H19BrN2O/c1-29-25(18-12-6-3-7-13-18)21-16-27-28-23(17-10-4-2-5-11-17)22(26)19-14-8-9-15-20(19)24(21)28/h2-16,25H,1H3. The number of aromatic nitrogens is 2. The average molecular weight is 443 g/mol. The van der Waals surface area contributed by atoms with Gasteiger partial charge in [0.2, 0.25) is 0 Å². The third-order valence-electron chi connectivity index (χ3n) is 5.30. The van der Waals surface area contributed by atoms with Crippen molar-refractivity contribution in [2.24, 2.45) is 0 Å². The first-order chi connectivity index (χ1) is 14.3. The van der Waals surface area contributed by atoms with Crippen LogP contribution >= 0.6 is 15.9 Å². The Balaban J connectivity index is 1.88. The molecule has 0 fully saturated rings. The zero-order valence-corrected chi connectivity index (χ0v) is 17.5. The van der Waals surface area contributed by atoms with Crippen LogP contribution in [-0.4, -0.2) is 16.7 Å². The monoisotopic (exact) mass is 442 g/mol. The van der Waals surface area contributed by atoms with Crippen molar-refractivity contribution in [1.29, 1.82) is 0 Å². The highest BCUT2D eigenvalue weighted by Gasteiger charge is 2.23. The van der Waals surface area contributed by atoms with Crippen LogP contribution in [0.25, 0.3) is 27.5 Å². The van der Waals surface area contributed by atoms with Gasteiger partial charge in [0.15, 0.2) is 0 Å². The number of pyridine rings is 1. The molecule has 0 spiro atoms. The highest BCUT2D eigenvalue weighted by atomic mass is 79.9. The molecule has 5 rings (SSSR count). The first-order valence-corrected chi connectivity index (χ1v) is 10.3. The summed E-state index contributed by atoms with van der Waals surface area (Å²) in [7, 11) is 1.75. The van der Waals surface area contributed by atoms with E-state index in [1.54, 1.807) is 7.11 Å². The van der Waals surface area contributed by atoms with Crippen molar-refractivity contribution in [2.75, 3.05) is 7.11 Å². The summed E-state index contributed by atoms with van der Waals surface area (Å²) in [6, 6.07) is 29.1. The van der Waals surface area contributed by atoms with Crippen LogP contribution < -0.4 is 0 Å². The van der Waals surface area contributed by atoms with Gasteiger partial charge in [0.1, 0.15) is 6.10 Å². The Morgan fingerprint density at radius 2 is 1.45 bits per heavy atom. The summed E-state index contributed by atoms with van der Waals surface area (Å²) in [5.74, 6) is 0. The van der Waals surface area contributed by atoms with Crippen LogP contribution in [0.2, 0.25) is 0 Å². The van der Waals surface area contributed by atoms with Crippen LogP contribution in [0.4, 0.5) is 0 Å². The summed E-state index contributed by atoms with van der Waals surface area (Å²) in [5.41, 5.74) is 5.38. The number of fused-ring (bicyclic) bond motifs is 3. The highest BCUT2D eigenvalue weighted by Crippen LogP contribution is 2.40. The first kappa shape index (κ1) is 18.1. The minimum Gasteiger partial charge on any atom is -0.372 e. The molecule has 142 valence electrons. The number of rotatable bonds is 4. The third kappa shape index (κ3) is 2.96. The Labute approximate surface area is 177 Å². The zero-order chi connectivity index (χ0) is 19.8. The zero-order valence-electron chi connectivity index (χ0n) is 15.9. The minimum absolute atomic E-state index is 0.193. The molecule has 0 amide bonds. The molecular formula is C25H19BrN2O. The number of hydrogen-bond acceptors (Lipinski definition) is 2. The van der Waals surface area contributed by atoms with E-state index in [0.717, 1.165) is 43.1 Å². The van der Waals surface area contributed by atoms with E-state index in [1.165, 1.54) is 0 Å². The Hall–Kier alpha value is -2.95. The van der Waals surface area contributed by atoms with Crippen LogP contribution in [-0.2, 0) is 4.74 Å². The van der Waals surface area contributed by atoms with Crippen LogP contribution in [0.1, 0.15) is 17.2 Å². The van der Waals surface area contributed by atoms with E-state index in [0.29, 0.717) is 0 Å². The number of ether oxygens (including phenoxy) is 1. The molecule has 0 bridgehead atoms. The fourth-order valence-corrected chi connectivity index (χ4v) is 4.75. The maximum absolute atomic E-state index is 5.95. The predicted molar refractivity (Wildman–Crippen MR) is 121 cm³/mol. The Morgan fingerprint density at radius 3 is 2.14 bits per heavy atom. The van der Waals surface area contributed by atoms with Crippen molar-refractivity contribution in [3.05, 3.63) is 107 Å². The van der Waals surface area contributed by atoms with Gasteiger partial charge in [0.05, 0.1) is 21.9 Å². The maximum atomic E-state index is 5.95. The van der Waals surface area contributed by atoms with Gasteiger partial charge >= 0.3 is 0 Å². The van der Waals surface area contributed by atoms with Gasteiger partial charge in [0.25, 0.3) is 0 Å². The second-order valence-corrected chi connectivity index (χ2v) is 7.75.